The van der Waals surface area contributed by atoms with Crippen LogP contribution in [0.3, 0.4) is 0 Å². The molecule has 0 spiro atoms. The summed E-state index contributed by atoms with van der Waals surface area (Å²) in [5.41, 5.74) is 4.23. The van der Waals surface area contributed by atoms with Gasteiger partial charge in [-0.3, -0.25) is 9.89 Å². The normalized spacial score (nSPS) is 11.1. The lowest BCUT2D eigenvalue weighted by molar-refractivity contribution is 0.0952. The highest BCUT2D eigenvalue weighted by molar-refractivity contribution is 5.94. The van der Waals surface area contributed by atoms with Gasteiger partial charge < -0.3 is 15.5 Å². The van der Waals surface area contributed by atoms with Gasteiger partial charge >= 0.3 is 0 Å². The Kier molecular flexibility index (Phi) is 6.18. The number of carbonyl (C=O) groups is 1. The van der Waals surface area contributed by atoms with E-state index in [1.165, 1.54) is 6.33 Å². The Morgan fingerprint density at radius 3 is 2.71 bits per heavy atom. The van der Waals surface area contributed by atoms with Crippen molar-refractivity contribution < 1.29 is 4.79 Å². The molecule has 0 saturated carbocycles. The number of aromatic nitrogens is 4. The topological polar surface area (TPSA) is 98.8 Å². The number of amides is 1. The molecule has 0 unspecified atom stereocenters. The van der Waals surface area contributed by atoms with E-state index in [1.807, 2.05) is 62.6 Å². The van der Waals surface area contributed by atoms with Gasteiger partial charge in [0, 0.05) is 34.8 Å². The van der Waals surface area contributed by atoms with E-state index in [-0.39, 0.29) is 5.91 Å². The van der Waals surface area contributed by atoms with Crippen LogP contribution in [0.5, 0.6) is 0 Å². The van der Waals surface area contributed by atoms with E-state index in [9.17, 15) is 4.79 Å². The van der Waals surface area contributed by atoms with Gasteiger partial charge in [-0.15, -0.1) is 0 Å². The van der Waals surface area contributed by atoms with Gasteiger partial charge in [0.05, 0.1) is 17.4 Å². The third-order valence-corrected chi connectivity index (χ3v) is 4.89. The first-order valence-electron chi connectivity index (χ1n) is 10.1. The maximum absolute atomic E-state index is 12.3. The second-order valence-corrected chi connectivity index (χ2v) is 7.58. The summed E-state index contributed by atoms with van der Waals surface area (Å²) in [4.78, 5) is 23.1. The quantitative estimate of drug-likeness (QED) is 0.381. The third-order valence-electron chi connectivity index (χ3n) is 4.89. The van der Waals surface area contributed by atoms with Crippen molar-refractivity contribution in [3.63, 3.8) is 0 Å². The van der Waals surface area contributed by atoms with Crippen LogP contribution in [0, 0.1) is 0 Å². The van der Waals surface area contributed by atoms with Crippen LogP contribution in [-0.2, 0) is 0 Å². The number of rotatable bonds is 8. The lowest BCUT2D eigenvalue weighted by atomic mass is 10.1. The molecule has 0 fully saturated rings. The standard InChI is InChI=1S/C23H25N7O/c1-30(2)11-3-10-24-23(31)17-6-4-16(5-7-17)21-13-22(26-15-25-21)28-19-8-9-20-18(12-19)14-27-29-20/h4-9,12-15H,3,10-11H2,1-2H3,(H,24,31)(H,27,29)(H,25,26,28). The van der Waals surface area contributed by atoms with Crippen LogP contribution in [0.25, 0.3) is 22.2 Å². The summed E-state index contributed by atoms with van der Waals surface area (Å²) in [5, 5.41) is 14.3. The number of H-pyrrole nitrogens is 1. The molecule has 4 aromatic rings. The van der Waals surface area contributed by atoms with Gasteiger partial charge in [-0.2, -0.15) is 5.10 Å². The molecule has 1 amide bonds. The number of benzene rings is 2. The number of carbonyl (C=O) groups excluding carboxylic acids is 1. The second-order valence-electron chi connectivity index (χ2n) is 7.58. The van der Waals surface area contributed by atoms with Gasteiger partial charge in [-0.1, -0.05) is 12.1 Å². The van der Waals surface area contributed by atoms with Crippen LogP contribution >= 0.6 is 0 Å². The number of fused-ring (bicyclic) bond motifs is 1. The summed E-state index contributed by atoms with van der Waals surface area (Å²) >= 11 is 0. The van der Waals surface area contributed by atoms with Gasteiger partial charge in [0.2, 0.25) is 0 Å². The molecule has 31 heavy (non-hydrogen) atoms. The SMILES string of the molecule is CN(C)CCCNC(=O)c1ccc(-c2cc(Nc3ccc4[nH]ncc4c3)ncn2)cc1. The van der Waals surface area contributed by atoms with Gasteiger partial charge in [-0.05, 0) is 57.4 Å². The first-order valence-corrected chi connectivity index (χ1v) is 10.1. The lowest BCUT2D eigenvalue weighted by Gasteiger charge is -2.10. The highest BCUT2D eigenvalue weighted by atomic mass is 16.1. The molecule has 8 heteroatoms. The van der Waals surface area contributed by atoms with Gasteiger partial charge in [0.25, 0.3) is 5.91 Å². The van der Waals surface area contributed by atoms with E-state index in [1.54, 1.807) is 6.20 Å². The fraction of sp³-hybridized carbons (Fsp3) is 0.217. The number of aromatic amines is 1. The summed E-state index contributed by atoms with van der Waals surface area (Å²) in [7, 11) is 4.04. The first kappa shape index (κ1) is 20.5. The molecule has 0 radical (unpaired) electrons. The fourth-order valence-corrected chi connectivity index (χ4v) is 3.24. The predicted octanol–water partition coefficient (Wildman–Crippen LogP) is 3.45. The molecule has 3 N–H and O–H groups in total. The number of nitrogens with zero attached hydrogens (tertiary/aromatic N) is 4. The van der Waals surface area contributed by atoms with Gasteiger partial charge in [0.1, 0.15) is 12.1 Å². The molecule has 158 valence electrons. The van der Waals surface area contributed by atoms with E-state index in [4.69, 9.17) is 0 Å². The van der Waals surface area contributed by atoms with Crippen LogP contribution in [0.15, 0.2) is 61.1 Å². The summed E-state index contributed by atoms with van der Waals surface area (Å²) < 4.78 is 0. The van der Waals surface area contributed by atoms with E-state index in [0.717, 1.165) is 40.8 Å². The fourth-order valence-electron chi connectivity index (χ4n) is 3.24. The number of hydrogen-bond acceptors (Lipinski definition) is 6. The van der Waals surface area contributed by atoms with Crippen LogP contribution in [0.1, 0.15) is 16.8 Å². The third kappa shape index (κ3) is 5.23. The molecule has 0 aliphatic rings. The van der Waals surface area contributed by atoms with Crippen molar-refractivity contribution in [1.82, 2.24) is 30.4 Å². The Labute approximate surface area is 180 Å². The van der Waals surface area contributed by atoms with E-state index < -0.39 is 0 Å². The van der Waals surface area contributed by atoms with E-state index in [2.05, 4.69) is 35.7 Å². The van der Waals surface area contributed by atoms with Crippen molar-refractivity contribution in [3.8, 4) is 11.3 Å². The van der Waals surface area contributed by atoms with Crippen molar-refractivity contribution in [3.05, 3.63) is 66.6 Å². The average Bonchev–Trinajstić information content (AvgIpc) is 3.25. The molecule has 2 heterocycles. The summed E-state index contributed by atoms with van der Waals surface area (Å²) in [5.74, 6) is 0.626. The summed E-state index contributed by atoms with van der Waals surface area (Å²) in [6.45, 7) is 1.60. The zero-order valence-corrected chi connectivity index (χ0v) is 17.6. The predicted molar refractivity (Wildman–Crippen MR) is 122 cm³/mol. The molecule has 0 atom stereocenters. The first-order chi connectivity index (χ1) is 15.1. The molecule has 0 saturated heterocycles. The minimum atomic E-state index is -0.0648. The van der Waals surface area contributed by atoms with Gasteiger partial charge in [-0.25, -0.2) is 9.97 Å². The maximum atomic E-state index is 12.3. The minimum absolute atomic E-state index is 0.0648. The van der Waals surface area contributed by atoms with E-state index >= 15 is 0 Å². The molecule has 2 aromatic heterocycles. The molecule has 2 aromatic carbocycles. The van der Waals surface area contributed by atoms with Crippen LogP contribution in [0.4, 0.5) is 11.5 Å². The maximum Gasteiger partial charge on any atom is 0.251 e. The Bertz CT molecular complexity index is 1170. The summed E-state index contributed by atoms with van der Waals surface area (Å²) in [6.07, 6.45) is 4.23. The van der Waals surface area contributed by atoms with Crippen LogP contribution < -0.4 is 10.6 Å². The molecular formula is C23H25N7O. The highest BCUT2D eigenvalue weighted by Gasteiger charge is 2.08. The Morgan fingerprint density at radius 1 is 1.06 bits per heavy atom. The Hall–Kier alpha value is -3.78. The minimum Gasteiger partial charge on any atom is -0.352 e. The monoisotopic (exact) mass is 415 g/mol. The zero-order valence-electron chi connectivity index (χ0n) is 17.6. The van der Waals surface area contributed by atoms with Gasteiger partial charge in [0.15, 0.2) is 0 Å². The molecule has 0 aliphatic carbocycles. The number of hydrogen-bond donors (Lipinski definition) is 3. The molecule has 4 rings (SSSR count). The summed E-state index contributed by atoms with van der Waals surface area (Å²) in [6, 6.07) is 15.3. The molecule has 0 aliphatic heterocycles. The Balaban J connectivity index is 1.42. The largest absolute Gasteiger partial charge is 0.352 e. The highest BCUT2D eigenvalue weighted by Crippen LogP contribution is 2.23. The van der Waals surface area contributed by atoms with Crippen molar-refractivity contribution in [1.29, 1.82) is 0 Å². The van der Waals surface area contributed by atoms with Crippen molar-refractivity contribution in [2.45, 2.75) is 6.42 Å². The average molecular weight is 416 g/mol. The molecule has 0 bridgehead atoms. The van der Waals surface area contributed by atoms with Crippen LogP contribution in [-0.4, -0.2) is 58.2 Å². The van der Waals surface area contributed by atoms with E-state index in [0.29, 0.717) is 17.9 Å². The smallest absolute Gasteiger partial charge is 0.251 e. The molecular weight excluding hydrogens is 390 g/mol. The lowest BCUT2D eigenvalue weighted by Crippen LogP contribution is -2.27. The van der Waals surface area contributed by atoms with Crippen molar-refractivity contribution in [2.75, 3.05) is 32.5 Å². The van der Waals surface area contributed by atoms with Crippen LogP contribution in [0.2, 0.25) is 0 Å². The second kappa shape index (κ2) is 9.36. The zero-order chi connectivity index (χ0) is 21.6. The number of anilines is 2. The van der Waals surface area contributed by atoms with Crippen molar-refractivity contribution >= 4 is 28.3 Å². The molecule has 8 nitrogen and oxygen atoms in total. The van der Waals surface area contributed by atoms with Crippen molar-refractivity contribution in [2.24, 2.45) is 0 Å². The Morgan fingerprint density at radius 2 is 1.90 bits per heavy atom. The number of nitrogens with one attached hydrogen (secondary N) is 3.